The van der Waals surface area contributed by atoms with Gasteiger partial charge in [-0.05, 0) is 43.1 Å². The second-order valence-corrected chi connectivity index (χ2v) is 4.97. The number of hydrogen-bond donors (Lipinski definition) is 1. The molecule has 1 aromatic carbocycles. The van der Waals surface area contributed by atoms with Crippen molar-refractivity contribution < 1.29 is 4.39 Å². The van der Waals surface area contributed by atoms with Crippen LogP contribution in [-0.2, 0) is 13.0 Å². The molecule has 4 heteroatoms. The molecule has 1 N–H and O–H groups in total. The number of nitrogens with one attached hydrogen (secondary N) is 1. The zero-order valence-corrected chi connectivity index (χ0v) is 12.1. The maximum Gasteiger partial charge on any atom is 0.123 e. The van der Waals surface area contributed by atoms with Crippen molar-refractivity contribution >= 4 is 0 Å². The third-order valence-electron chi connectivity index (χ3n) is 3.45. The molecule has 0 aliphatic carbocycles. The SMILES string of the molecule is CCNCC(Cc1cnn(CC)c1)c1cccc(F)c1. The predicted octanol–water partition coefficient (Wildman–Crippen LogP) is 2.98. The minimum atomic E-state index is -0.173. The summed E-state index contributed by atoms with van der Waals surface area (Å²) in [5.74, 6) is 0.0911. The van der Waals surface area contributed by atoms with Gasteiger partial charge in [-0.15, -0.1) is 0 Å². The van der Waals surface area contributed by atoms with E-state index in [1.807, 2.05) is 16.9 Å². The summed E-state index contributed by atoms with van der Waals surface area (Å²) in [5.41, 5.74) is 2.23. The highest BCUT2D eigenvalue weighted by Crippen LogP contribution is 2.21. The first-order chi connectivity index (χ1) is 9.72. The summed E-state index contributed by atoms with van der Waals surface area (Å²) in [6.07, 6.45) is 4.84. The standard InChI is InChI=1S/C16H22FN3/c1-3-18-11-15(14-6-5-7-16(17)9-14)8-13-10-19-20(4-2)12-13/h5-7,9-10,12,15,18H,3-4,8,11H2,1-2H3. The molecular formula is C16H22FN3. The number of hydrogen-bond acceptors (Lipinski definition) is 2. The second-order valence-electron chi connectivity index (χ2n) is 4.97. The zero-order chi connectivity index (χ0) is 14.4. The Morgan fingerprint density at radius 3 is 2.85 bits per heavy atom. The molecule has 0 fully saturated rings. The number of benzene rings is 1. The summed E-state index contributed by atoms with van der Waals surface area (Å²) < 4.78 is 15.3. The summed E-state index contributed by atoms with van der Waals surface area (Å²) in [7, 11) is 0. The molecular weight excluding hydrogens is 253 g/mol. The molecule has 0 aliphatic heterocycles. The van der Waals surface area contributed by atoms with Gasteiger partial charge >= 0.3 is 0 Å². The summed E-state index contributed by atoms with van der Waals surface area (Å²) in [6.45, 7) is 6.78. The molecule has 3 nitrogen and oxygen atoms in total. The zero-order valence-electron chi connectivity index (χ0n) is 12.1. The largest absolute Gasteiger partial charge is 0.316 e. The van der Waals surface area contributed by atoms with Crippen LogP contribution in [0.1, 0.15) is 30.9 Å². The predicted molar refractivity (Wildman–Crippen MR) is 79.3 cm³/mol. The molecule has 1 heterocycles. The van der Waals surface area contributed by atoms with Crippen molar-refractivity contribution in [1.29, 1.82) is 0 Å². The first-order valence-electron chi connectivity index (χ1n) is 7.20. The van der Waals surface area contributed by atoms with Crippen LogP contribution < -0.4 is 5.32 Å². The van der Waals surface area contributed by atoms with Crippen molar-refractivity contribution in [1.82, 2.24) is 15.1 Å². The maximum absolute atomic E-state index is 13.4. The smallest absolute Gasteiger partial charge is 0.123 e. The Balaban J connectivity index is 2.14. The van der Waals surface area contributed by atoms with E-state index >= 15 is 0 Å². The van der Waals surface area contributed by atoms with Crippen molar-refractivity contribution in [2.75, 3.05) is 13.1 Å². The molecule has 2 aromatic rings. The highest BCUT2D eigenvalue weighted by Gasteiger charge is 2.13. The molecule has 0 aliphatic rings. The minimum absolute atomic E-state index is 0.173. The Hall–Kier alpha value is -1.68. The Bertz CT molecular complexity index is 536. The van der Waals surface area contributed by atoms with Gasteiger partial charge < -0.3 is 5.32 Å². The van der Waals surface area contributed by atoms with E-state index in [1.54, 1.807) is 12.1 Å². The van der Waals surface area contributed by atoms with Crippen molar-refractivity contribution in [2.45, 2.75) is 32.7 Å². The van der Waals surface area contributed by atoms with Crippen LogP contribution in [0, 0.1) is 5.82 Å². The molecule has 2 rings (SSSR count). The lowest BCUT2D eigenvalue weighted by Gasteiger charge is -2.17. The highest BCUT2D eigenvalue weighted by atomic mass is 19.1. The average molecular weight is 275 g/mol. The number of likely N-dealkylation sites (N-methyl/N-ethyl adjacent to an activating group) is 1. The molecule has 1 aromatic heterocycles. The normalized spacial score (nSPS) is 12.6. The van der Waals surface area contributed by atoms with Gasteiger partial charge in [-0.1, -0.05) is 19.1 Å². The molecule has 20 heavy (non-hydrogen) atoms. The van der Waals surface area contributed by atoms with Gasteiger partial charge in [-0.2, -0.15) is 5.10 Å². The fourth-order valence-electron chi connectivity index (χ4n) is 2.36. The lowest BCUT2D eigenvalue weighted by Crippen LogP contribution is -2.22. The van der Waals surface area contributed by atoms with Crippen LogP contribution in [-0.4, -0.2) is 22.9 Å². The number of rotatable bonds is 7. The molecule has 1 atom stereocenters. The van der Waals surface area contributed by atoms with Crippen LogP contribution >= 0.6 is 0 Å². The molecule has 1 unspecified atom stereocenters. The molecule has 0 saturated carbocycles. The van der Waals surface area contributed by atoms with Gasteiger partial charge in [-0.3, -0.25) is 4.68 Å². The van der Waals surface area contributed by atoms with Gasteiger partial charge in [0, 0.05) is 25.2 Å². The van der Waals surface area contributed by atoms with Crippen LogP contribution in [0.25, 0.3) is 0 Å². The average Bonchev–Trinajstić information content (AvgIpc) is 2.91. The van der Waals surface area contributed by atoms with Crippen LogP contribution in [0.5, 0.6) is 0 Å². The fourth-order valence-corrected chi connectivity index (χ4v) is 2.36. The Kier molecular flexibility index (Phi) is 5.30. The summed E-state index contributed by atoms with van der Waals surface area (Å²) in [4.78, 5) is 0. The number of aromatic nitrogens is 2. The number of nitrogens with zero attached hydrogens (tertiary/aromatic N) is 2. The summed E-state index contributed by atoms with van der Waals surface area (Å²) in [6, 6.07) is 6.89. The molecule has 0 bridgehead atoms. The lowest BCUT2D eigenvalue weighted by molar-refractivity contribution is 0.582. The van der Waals surface area contributed by atoms with E-state index in [9.17, 15) is 4.39 Å². The van der Waals surface area contributed by atoms with Crippen LogP contribution in [0.3, 0.4) is 0 Å². The second kappa shape index (κ2) is 7.20. The highest BCUT2D eigenvalue weighted by molar-refractivity contribution is 5.23. The maximum atomic E-state index is 13.4. The molecule has 0 radical (unpaired) electrons. The van der Waals surface area contributed by atoms with Crippen LogP contribution in [0.15, 0.2) is 36.7 Å². The quantitative estimate of drug-likeness (QED) is 0.842. The summed E-state index contributed by atoms with van der Waals surface area (Å²) >= 11 is 0. The lowest BCUT2D eigenvalue weighted by atomic mass is 9.93. The van der Waals surface area contributed by atoms with Gasteiger partial charge in [0.2, 0.25) is 0 Å². The third kappa shape index (κ3) is 3.90. The molecule has 0 amide bonds. The Labute approximate surface area is 119 Å². The molecule has 0 spiro atoms. The van der Waals surface area contributed by atoms with Crippen molar-refractivity contribution in [2.24, 2.45) is 0 Å². The topological polar surface area (TPSA) is 29.9 Å². The Morgan fingerprint density at radius 2 is 2.20 bits per heavy atom. The van der Waals surface area contributed by atoms with E-state index in [0.29, 0.717) is 0 Å². The van der Waals surface area contributed by atoms with Crippen molar-refractivity contribution in [3.63, 3.8) is 0 Å². The van der Waals surface area contributed by atoms with Gasteiger partial charge in [0.1, 0.15) is 5.82 Å². The first-order valence-corrected chi connectivity index (χ1v) is 7.20. The van der Waals surface area contributed by atoms with E-state index < -0.39 is 0 Å². The van der Waals surface area contributed by atoms with Crippen LogP contribution in [0.2, 0.25) is 0 Å². The molecule has 108 valence electrons. The van der Waals surface area contributed by atoms with Crippen LogP contribution in [0.4, 0.5) is 4.39 Å². The van der Waals surface area contributed by atoms with E-state index in [0.717, 1.165) is 31.6 Å². The van der Waals surface area contributed by atoms with Gasteiger partial charge in [0.15, 0.2) is 0 Å². The molecule has 0 saturated heterocycles. The number of halogens is 1. The van der Waals surface area contributed by atoms with E-state index in [4.69, 9.17) is 0 Å². The van der Waals surface area contributed by atoms with E-state index in [2.05, 4.69) is 30.5 Å². The van der Waals surface area contributed by atoms with Crippen molar-refractivity contribution in [3.8, 4) is 0 Å². The van der Waals surface area contributed by atoms with Gasteiger partial charge in [0.05, 0.1) is 6.20 Å². The van der Waals surface area contributed by atoms with Gasteiger partial charge in [-0.25, -0.2) is 4.39 Å². The van der Waals surface area contributed by atoms with Crippen molar-refractivity contribution in [3.05, 3.63) is 53.6 Å². The minimum Gasteiger partial charge on any atom is -0.316 e. The third-order valence-corrected chi connectivity index (χ3v) is 3.45. The number of aryl methyl sites for hydroxylation is 1. The first kappa shape index (κ1) is 14.7. The Morgan fingerprint density at radius 1 is 1.35 bits per heavy atom. The van der Waals surface area contributed by atoms with Gasteiger partial charge in [0.25, 0.3) is 0 Å². The fraction of sp³-hybridized carbons (Fsp3) is 0.438. The monoisotopic (exact) mass is 275 g/mol. The van der Waals surface area contributed by atoms with E-state index in [-0.39, 0.29) is 11.7 Å². The summed E-state index contributed by atoms with van der Waals surface area (Å²) in [5, 5.41) is 7.66. The van der Waals surface area contributed by atoms with E-state index in [1.165, 1.54) is 11.6 Å².